The van der Waals surface area contributed by atoms with Gasteiger partial charge in [0.05, 0.1) is 6.61 Å². The third kappa shape index (κ3) is 7.98. The number of fused-ring (bicyclic) bond motifs is 1. The van der Waals surface area contributed by atoms with Gasteiger partial charge in [0, 0.05) is 5.39 Å². The fourth-order valence-electron chi connectivity index (χ4n) is 4.31. The van der Waals surface area contributed by atoms with Crippen molar-refractivity contribution in [1.29, 1.82) is 0 Å². The number of unbranched alkanes of at least 4 members (excludes halogenated alkanes) is 1. The topological polar surface area (TPSA) is 18.5 Å². The number of benzene rings is 4. The molecule has 0 amide bonds. The van der Waals surface area contributed by atoms with Gasteiger partial charge in [-0.05, 0) is 84.0 Å². The summed E-state index contributed by atoms with van der Waals surface area (Å²) in [5.41, 5.74) is 3.90. The zero-order valence-electron chi connectivity index (χ0n) is 21.5. The minimum absolute atomic E-state index is 0.159. The minimum atomic E-state index is -4.37. The summed E-state index contributed by atoms with van der Waals surface area (Å²) in [4.78, 5) is 0. The summed E-state index contributed by atoms with van der Waals surface area (Å²) in [6, 6.07) is 24.3. The van der Waals surface area contributed by atoms with Crippen molar-refractivity contribution in [1.82, 2.24) is 0 Å². The standard InChI is InChI=1S/C32H32F4O2/c1-2-3-20-37-28-15-7-23(8-16-28)4-5-25-11-19-30-27(21-25)14-13-26(31(30)33)12-6-24-9-17-29(18-10-24)38-22-32(34,35)36/h7-11,13-19,21H,2-6,12,20,22H2,1H3. The number of hydrogen-bond donors (Lipinski definition) is 0. The molecule has 0 aliphatic rings. The molecule has 0 unspecified atom stereocenters. The van der Waals surface area contributed by atoms with E-state index in [0.29, 0.717) is 23.8 Å². The fraction of sp³-hybridized carbons (Fsp3) is 0.312. The predicted octanol–water partition coefficient (Wildman–Crippen LogP) is 8.67. The van der Waals surface area contributed by atoms with E-state index in [-0.39, 0.29) is 11.6 Å². The molecule has 38 heavy (non-hydrogen) atoms. The van der Waals surface area contributed by atoms with Crippen molar-refractivity contribution in [3.8, 4) is 11.5 Å². The second-order valence-corrected chi connectivity index (χ2v) is 9.49. The summed E-state index contributed by atoms with van der Waals surface area (Å²) < 4.78 is 62.6. The molecule has 4 aromatic rings. The van der Waals surface area contributed by atoms with Crippen LogP contribution in [0, 0.1) is 5.82 Å². The summed E-state index contributed by atoms with van der Waals surface area (Å²) in [6.07, 6.45) is 0.597. The Balaban J connectivity index is 1.33. The summed E-state index contributed by atoms with van der Waals surface area (Å²) in [7, 11) is 0. The first-order chi connectivity index (χ1) is 18.3. The van der Waals surface area contributed by atoms with Crippen LogP contribution in [0.4, 0.5) is 17.6 Å². The van der Waals surface area contributed by atoms with Crippen molar-refractivity contribution in [3.05, 3.63) is 107 Å². The first-order valence-electron chi connectivity index (χ1n) is 13.0. The van der Waals surface area contributed by atoms with Gasteiger partial charge in [-0.15, -0.1) is 0 Å². The van der Waals surface area contributed by atoms with E-state index >= 15 is 4.39 Å². The highest BCUT2D eigenvalue weighted by molar-refractivity contribution is 5.84. The van der Waals surface area contributed by atoms with E-state index in [1.165, 1.54) is 17.7 Å². The Labute approximate surface area is 221 Å². The van der Waals surface area contributed by atoms with Gasteiger partial charge in [-0.2, -0.15) is 13.2 Å². The van der Waals surface area contributed by atoms with Crippen molar-refractivity contribution in [3.63, 3.8) is 0 Å². The Bertz CT molecular complexity index is 1310. The van der Waals surface area contributed by atoms with E-state index in [9.17, 15) is 13.2 Å². The average molecular weight is 525 g/mol. The molecule has 4 rings (SSSR count). The summed E-state index contributed by atoms with van der Waals surface area (Å²) in [5.74, 6) is 0.830. The molecule has 0 aliphatic carbocycles. The summed E-state index contributed by atoms with van der Waals surface area (Å²) in [6.45, 7) is 1.56. The van der Waals surface area contributed by atoms with Crippen LogP contribution in [0.2, 0.25) is 0 Å². The predicted molar refractivity (Wildman–Crippen MR) is 144 cm³/mol. The Morgan fingerprint density at radius 3 is 1.87 bits per heavy atom. The monoisotopic (exact) mass is 524 g/mol. The molecule has 0 fully saturated rings. The molecule has 0 saturated carbocycles. The summed E-state index contributed by atoms with van der Waals surface area (Å²) >= 11 is 0. The lowest BCUT2D eigenvalue weighted by molar-refractivity contribution is -0.153. The molecule has 4 aromatic carbocycles. The molecule has 6 heteroatoms. The lowest BCUT2D eigenvalue weighted by Crippen LogP contribution is -2.19. The molecule has 0 aliphatic heterocycles. The smallest absolute Gasteiger partial charge is 0.422 e. The summed E-state index contributed by atoms with van der Waals surface area (Å²) in [5, 5.41) is 1.46. The quantitative estimate of drug-likeness (QED) is 0.136. The Morgan fingerprint density at radius 1 is 0.658 bits per heavy atom. The van der Waals surface area contributed by atoms with Gasteiger partial charge in [0.25, 0.3) is 0 Å². The second kappa shape index (κ2) is 12.8. The Hall–Kier alpha value is -3.54. The number of aryl methyl sites for hydroxylation is 4. The third-order valence-electron chi connectivity index (χ3n) is 6.50. The van der Waals surface area contributed by atoms with Crippen molar-refractivity contribution in [2.75, 3.05) is 13.2 Å². The third-order valence-corrected chi connectivity index (χ3v) is 6.50. The zero-order valence-corrected chi connectivity index (χ0v) is 21.5. The van der Waals surface area contributed by atoms with Crippen LogP contribution < -0.4 is 9.47 Å². The molecule has 2 nitrogen and oxygen atoms in total. The van der Waals surface area contributed by atoms with Crippen LogP contribution in [-0.4, -0.2) is 19.4 Å². The molecular weight excluding hydrogens is 492 g/mol. The molecule has 0 atom stereocenters. The fourth-order valence-corrected chi connectivity index (χ4v) is 4.31. The van der Waals surface area contributed by atoms with E-state index in [1.807, 2.05) is 42.5 Å². The molecular formula is C32H32F4O2. The van der Waals surface area contributed by atoms with Gasteiger partial charge in [0.15, 0.2) is 6.61 Å². The van der Waals surface area contributed by atoms with Gasteiger partial charge < -0.3 is 9.47 Å². The average Bonchev–Trinajstić information content (AvgIpc) is 2.91. The van der Waals surface area contributed by atoms with E-state index in [2.05, 4.69) is 19.1 Å². The minimum Gasteiger partial charge on any atom is -0.494 e. The molecule has 0 N–H and O–H groups in total. The number of hydrogen-bond acceptors (Lipinski definition) is 2. The maximum Gasteiger partial charge on any atom is 0.422 e. The largest absolute Gasteiger partial charge is 0.494 e. The zero-order chi connectivity index (χ0) is 27.0. The SMILES string of the molecule is CCCCOc1ccc(CCc2ccc3c(F)c(CCc4ccc(OCC(F)(F)F)cc4)ccc3c2)cc1. The highest BCUT2D eigenvalue weighted by Gasteiger charge is 2.28. The van der Waals surface area contributed by atoms with Crippen LogP contribution in [-0.2, 0) is 25.7 Å². The lowest BCUT2D eigenvalue weighted by Gasteiger charge is -2.11. The van der Waals surface area contributed by atoms with Crippen molar-refractivity contribution in [2.24, 2.45) is 0 Å². The van der Waals surface area contributed by atoms with Gasteiger partial charge in [-0.25, -0.2) is 4.39 Å². The van der Waals surface area contributed by atoms with Crippen LogP contribution in [0.5, 0.6) is 11.5 Å². The molecule has 0 aromatic heterocycles. The van der Waals surface area contributed by atoms with Crippen molar-refractivity contribution >= 4 is 10.8 Å². The first-order valence-corrected chi connectivity index (χ1v) is 13.0. The van der Waals surface area contributed by atoms with Crippen LogP contribution in [0.1, 0.15) is 42.0 Å². The molecule has 0 saturated heterocycles. The van der Waals surface area contributed by atoms with E-state index in [1.54, 1.807) is 12.1 Å². The second-order valence-electron chi connectivity index (χ2n) is 9.49. The molecule has 200 valence electrons. The number of rotatable bonds is 12. The molecule has 0 heterocycles. The lowest BCUT2D eigenvalue weighted by atomic mass is 9.97. The Morgan fingerprint density at radius 2 is 1.24 bits per heavy atom. The van der Waals surface area contributed by atoms with Gasteiger partial charge in [0.2, 0.25) is 0 Å². The van der Waals surface area contributed by atoms with Gasteiger partial charge in [-0.3, -0.25) is 0 Å². The van der Waals surface area contributed by atoms with Gasteiger partial charge in [-0.1, -0.05) is 67.9 Å². The molecule has 0 radical (unpaired) electrons. The van der Waals surface area contributed by atoms with Crippen LogP contribution in [0.25, 0.3) is 10.8 Å². The van der Waals surface area contributed by atoms with E-state index in [0.717, 1.165) is 54.6 Å². The number of halogens is 4. The first kappa shape index (κ1) is 27.5. The number of alkyl halides is 3. The van der Waals surface area contributed by atoms with Crippen molar-refractivity contribution < 1.29 is 27.0 Å². The maximum atomic E-state index is 15.2. The van der Waals surface area contributed by atoms with Gasteiger partial charge >= 0.3 is 6.18 Å². The number of ether oxygens (including phenoxy) is 2. The van der Waals surface area contributed by atoms with Crippen LogP contribution in [0.3, 0.4) is 0 Å². The van der Waals surface area contributed by atoms with Crippen LogP contribution >= 0.6 is 0 Å². The highest BCUT2D eigenvalue weighted by atomic mass is 19.4. The highest BCUT2D eigenvalue weighted by Crippen LogP contribution is 2.25. The van der Waals surface area contributed by atoms with E-state index < -0.39 is 12.8 Å². The maximum absolute atomic E-state index is 15.2. The van der Waals surface area contributed by atoms with Crippen LogP contribution in [0.15, 0.2) is 78.9 Å². The van der Waals surface area contributed by atoms with Gasteiger partial charge in [0.1, 0.15) is 17.3 Å². The normalized spacial score (nSPS) is 11.6. The molecule has 0 spiro atoms. The molecule has 0 bridgehead atoms. The van der Waals surface area contributed by atoms with Crippen molar-refractivity contribution in [2.45, 2.75) is 51.6 Å². The van der Waals surface area contributed by atoms with E-state index in [4.69, 9.17) is 9.47 Å². The Kier molecular flexibility index (Phi) is 9.27.